The molecule has 0 spiro atoms. The van der Waals surface area contributed by atoms with Gasteiger partial charge in [-0.05, 0) is 154 Å². The summed E-state index contributed by atoms with van der Waals surface area (Å²) in [6, 6.07) is 111. The normalized spacial score (nSPS) is 11.6. The van der Waals surface area contributed by atoms with Gasteiger partial charge in [-0.3, -0.25) is 0 Å². The van der Waals surface area contributed by atoms with Gasteiger partial charge in [0.05, 0.1) is 11.0 Å². The van der Waals surface area contributed by atoms with Gasteiger partial charge in [-0.25, -0.2) is 0 Å². The molecule has 0 saturated carbocycles. The molecule has 13 aromatic carbocycles. The Morgan fingerprint density at radius 2 is 0.578 bits per heavy atom. The molecule has 3 aromatic heterocycles. The third kappa shape index (κ3) is 8.50. The SMILES string of the molecule is c1ccc(-c2ccc(N(c3cc(-c4ccc5c(c4)c4ccccc4n5-c4ccc(-c5ccccc5)cc4)cc(N(c4ccc(-c5ccccc5)cc4)c4ccc5c(c4)oc4ccccc45)c3)c3ccc4c(c3)oc3ccccc34)cc2)cc1. The quantitative estimate of drug-likeness (QED) is 0.129. The fraction of sp³-hybridized carbons (Fsp3) is 0. The largest absolute Gasteiger partial charge is 0.456 e. The summed E-state index contributed by atoms with van der Waals surface area (Å²) in [5.41, 5.74) is 21.8. The zero-order valence-electron chi connectivity index (χ0n) is 45.1. The molecule has 16 rings (SSSR count). The minimum Gasteiger partial charge on any atom is -0.456 e. The summed E-state index contributed by atoms with van der Waals surface area (Å²) >= 11 is 0. The molecular formula is C78H51N3O2. The summed E-state index contributed by atoms with van der Waals surface area (Å²) in [5.74, 6) is 0. The van der Waals surface area contributed by atoms with Gasteiger partial charge in [0.1, 0.15) is 22.3 Å². The molecule has 0 unspecified atom stereocenters. The van der Waals surface area contributed by atoms with Crippen molar-refractivity contribution in [2.45, 2.75) is 0 Å². The van der Waals surface area contributed by atoms with E-state index in [4.69, 9.17) is 8.83 Å². The number of furan rings is 2. The molecule has 3 heterocycles. The Morgan fingerprint density at radius 1 is 0.205 bits per heavy atom. The number of nitrogens with zero attached hydrogens (tertiary/aromatic N) is 3. The van der Waals surface area contributed by atoms with Gasteiger partial charge in [0.15, 0.2) is 0 Å². The van der Waals surface area contributed by atoms with E-state index in [0.29, 0.717) is 0 Å². The smallest absolute Gasteiger partial charge is 0.137 e. The molecule has 0 radical (unpaired) electrons. The van der Waals surface area contributed by atoms with E-state index >= 15 is 0 Å². The molecule has 0 amide bonds. The third-order valence-corrected chi connectivity index (χ3v) is 16.4. The number of aromatic nitrogens is 1. The summed E-state index contributed by atoms with van der Waals surface area (Å²) in [6.45, 7) is 0. The molecular weight excluding hydrogens is 1010 g/mol. The summed E-state index contributed by atoms with van der Waals surface area (Å²) < 4.78 is 15.7. The highest BCUT2D eigenvalue weighted by Gasteiger charge is 2.23. The lowest BCUT2D eigenvalue weighted by molar-refractivity contribution is 0.668. The van der Waals surface area contributed by atoms with Gasteiger partial charge < -0.3 is 23.2 Å². The van der Waals surface area contributed by atoms with Gasteiger partial charge in [-0.1, -0.05) is 188 Å². The molecule has 0 N–H and O–H groups in total. The van der Waals surface area contributed by atoms with Crippen molar-refractivity contribution in [2.75, 3.05) is 9.80 Å². The van der Waals surface area contributed by atoms with Crippen molar-refractivity contribution in [3.8, 4) is 50.2 Å². The second-order valence-electron chi connectivity index (χ2n) is 21.3. The van der Waals surface area contributed by atoms with Crippen LogP contribution in [0.1, 0.15) is 0 Å². The number of hydrogen-bond acceptors (Lipinski definition) is 4. The van der Waals surface area contributed by atoms with E-state index in [0.717, 1.165) is 128 Å². The fourth-order valence-electron chi connectivity index (χ4n) is 12.4. The predicted octanol–water partition coefficient (Wildman–Crippen LogP) is 22.2. The Morgan fingerprint density at radius 3 is 1.07 bits per heavy atom. The first-order chi connectivity index (χ1) is 41.1. The number of benzene rings is 13. The van der Waals surface area contributed by atoms with Crippen LogP contribution in [0.4, 0.5) is 34.1 Å². The molecule has 5 heteroatoms. The number of hydrogen-bond donors (Lipinski definition) is 0. The van der Waals surface area contributed by atoms with E-state index < -0.39 is 0 Å². The average Bonchev–Trinajstić information content (AvgIpc) is 2.99. The Labute approximate surface area is 480 Å². The standard InChI is InChI=1S/C78H51N3O2/c1-4-16-52(17-5-1)55-28-35-60(36-29-55)79(63-41-43-70-68-23-11-14-26-75(68)82-77(70)50-63)65-46-59(58-34-45-74-72(48-58)67-22-10-13-25-73(67)81(74)62-39-32-57(33-40-62)54-20-8-3-9-21-54)47-66(49-65)80(61-37-30-56(31-38-61)53-18-6-2-7-19-53)64-42-44-71-69-24-12-15-27-76(69)83-78(71)51-64/h1-51H. The molecule has 0 aliphatic heterocycles. The maximum Gasteiger partial charge on any atom is 0.137 e. The molecule has 83 heavy (non-hydrogen) atoms. The minimum atomic E-state index is 0.821. The average molecular weight is 1060 g/mol. The third-order valence-electron chi connectivity index (χ3n) is 16.4. The lowest BCUT2D eigenvalue weighted by Crippen LogP contribution is -2.13. The molecule has 0 aliphatic carbocycles. The number of para-hydroxylation sites is 3. The van der Waals surface area contributed by atoms with Crippen LogP contribution in [-0.2, 0) is 0 Å². The molecule has 390 valence electrons. The Hall–Kier alpha value is -11.1. The van der Waals surface area contributed by atoms with E-state index in [1.807, 2.05) is 24.3 Å². The van der Waals surface area contributed by atoms with E-state index in [9.17, 15) is 0 Å². The van der Waals surface area contributed by atoms with Gasteiger partial charge in [0.25, 0.3) is 0 Å². The van der Waals surface area contributed by atoms with Gasteiger partial charge in [-0.15, -0.1) is 0 Å². The van der Waals surface area contributed by atoms with Crippen LogP contribution in [-0.4, -0.2) is 4.57 Å². The van der Waals surface area contributed by atoms with Crippen molar-refractivity contribution in [1.29, 1.82) is 0 Å². The molecule has 0 bridgehead atoms. The van der Waals surface area contributed by atoms with E-state index in [1.165, 1.54) is 21.9 Å². The first-order valence-electron chi connectivity index (χ1n) is 28.2. The molecule has 16 aromatic rings. The zero-order chi connectivity index (χ0) is 54.8. The lowest BCUT2D eigenvalue weighted by Gasteiger charge is -2.30. The van der Waals surface area contributed by atoms with Crippen LogP contribution in [0, 0.1) is 0 Å². The highest BCUT2D eigenvalue weighted by molar-refractivity contribution is 6.11. The first kappa shape index (κ1) is 47.8. The zero-order valence-corrected chi connectivity index (χ0v) is 45.1. The lowest BCUT2D eigenvalue weighted by atomic mass is 9.99. The van der Waals surface area contributed by atoms with Crippen LogP contribution >= 0.6 is 0 Å². The van der Waals surface area contributed by atoms with Gasteiger partial charge >= 0.3 is 0 Å². The van der Waals surface area contributed by atoms with E-state index in [1.54, 1.807) is 0 Å². The minimum absolute atomic E-state index is 0.821. The van der Waals surface area contributed by atoms with E-state index in [2.05, 4.69) is 299 Å². The Balaban J connectivity index is 0.930. The highest BCUT2D eigenvalue weighted by atomic mass is 16.3. The van der Waals surface area contributed by atoms with Crippen molar-refractivity contribution < 1.29 is 8.83 Å². The fourth-order valence-corrected chi connectivity index (χ4v) is 12.4. The van der Waals surface area contributed by atoms with E-state index in [-0.39, 0.29) is 0 Å². The number of anilines is 6. The van der Waals surface area contributed by atoms with Gasteiger partial charge in [-0.2, -0.15) is 0 Å². The van der Waals surface area contributed by atoms with Crippen molar-refractivity contribution in [3.05, 3.63) is 309 Å². The van der Waals surface area contributed by atoms with Crippen molar-refractivity contribution in [1.82, 2.24) is 4.57 Å². The van der Waals surface area contributed by atoms with Crippen LogP contribution in [0.2, 0.25) is 0 Å². The topological polar surface area (TPSA) is 37.7 Å². The van der Waals surface area contributed by atoms with Crippen LogP contribution in [0.5, 0.6) is 0 Å². The summed E-state index contributed by atoms with van der Waals surface area (Å²) in [7, 11) is 0. The van der Waals surface area contributed by atoms with Crippen LogP contribution < -0.4 is 9.80 Å². The number of rotatable bonds is 11. The van der Waals surface area contributed by atoms with Crippen molar-refractivity contribution >= 4 is 99.8 Å². The molecule has 0 aliphatic rings. The Kier molecular flexibility index (Phi) is 11.5. The predicted molar refractivity (Wildman–Crippen MR) is 346 cm³/mol. The molecule has 0 fully saturated rings. The van der Waals surface area contributed by atoms with Crippen LogP contribution in [0.25, 0.3) is 116 Å². The van der Waals surface area contributed by atoms with Crippen LogP contribution in [0.15, 0.2) is 318 Å². The number of fused-ring (bicyclic) bond motifs is 9. The first-order valence-corrected chi connectivity index (χ1v) is 28.2. The summed E-state index contributed by atoms with van der Waals surface area (Å²) in [6.07, 6.45) is 0. The van der Waals surface area contributed by atoms with Crippen molar-refractivity contribution in [2.24, 2.45) is 0 Å². The monoisotopic (exact) mass is 1060 g/mol. The van der Waals surface area contributed by atoms with Crippen molar-refractivity contribution in [3.63, 3.8) is 0 Å². The molecule has 0 atom stereocenters. The Bertz CT molecular complexity index is 4840. The molecule has 5 nitrogen and oxygen atoms in total. The summed E-state index contributed by atoms with van der Waals surface area (Å²) in [4.78, 5) is 4.74. The second kappa shape index (κ2) is 19.9. The van der Waals surface area contributed by atoms with Gasteiger partial charge in [0.2, 0.25) is 0 Å². The second-order valence-corrected chi connectivity index (χ2v) is 21.3. The molecule has 0 saturated heterocycles. The maximum atomic E-state index is 6.65. The van der Waals surface area contributed by atoms with Gasteiger partial charge in [0, 0.05) is 84.3 Å². The van der Waals surface area contributed by atoms with Crippen LogP contribution in [0.3, 0.4) is 0 Å². The highest BCUT2D eigenvalue weighted by Crippen LogP contribution is 2.47. The maximum absolute atomic E-state index is 6.65. The summed E-state index contributed by atoms with van der Waals surface area (Å²) in [5, 5.41) is 6.69.